The Morgan fingerprint density at radius 2 is 1.94 bits per heavy atom. The molecule has 1 aromatic rings. The number of benzene rings is 1. The van der Waals surface area contributed by atoms with E-state index in [9.17, 15) is 5.11 Å². The first-order chi connectivity index (χ1) is 7.83. The largest absolute Gasteiger partial charge is 0.390 e. The summed E-state index contributed by atoms with van der Waals surface area (Å²) in [6.45, 7) is 0.569. The van der Waals surface area contributed by atoms with Crippen LogP contribution in [-0.4, -0.2) is 29.5 Å². The van der Waals surface area contributed by atoms with Gasteiger partial charge in [0.25, 0.3) is 0 Å². The van der Waals surface area contributed by atoms with Crippen LogP contribution in [0.3, 0.4) is 0 Å². The molecule has 1 aromatic carbocycles. The Hall–Kier alpha value is -0.900. The second kappa shape index (κ2) is 4.17. The summed E-state index contributed by atoms with van der Waals surface area (Å²) in [6.07, 6.45) is 1.76. The Balaban J connectivity index is 1.54. The molecule has 4 atom stereocenters. The van der Waals surface area contributed by atoms with Crippen molar-refractivity contribution in [1.29, 1.82) is 0 Å². The average Bonchev–Trinajstić information content (AvgIpc) is 3.05. The van der Waals surface area contributed by atoms with E-state index in [0.717, 1.165) is 18.4 Å². The predicted molar refractivity (Wildman–Crippen MR) is 58.9 cm³/mol. The van der Waals surface area contributed by atoms with Crippen LogP contribution in [0.5, 0.6) is 0 Å². The van der Waals surface area contributed by atoms with Crippen molar-refractivity contribution in [2.45, 2.75) is 43.9 Å². The zero-order chi connectivity index (χ0) is 11.0. The van der Waals surface area contributed by atoms with Crippen molar-refractivity contribution in [2.75, 3.05) is 0 Å². The SMILES string of the molecule is O[C@@H]1C[C@@H]2O[C@@H]2C[C@@H]1OCc1ccccc1. The van der Waals surface area contributed by atoms with E-state index in [1.807, 2.05) is 30.3 Å². The molecular weight excluding hydrogens is 204 g/mol. The lowest BCUT2D eigenvalue weighted by Gasteiger charge is -2.25. The lowest BCUT2D eigenvalue weighted by atomic mass is 9.95. The van der Waals surface area contributed by atoms with Crippen LogP contribution in [0, 0.1) is 0 Å². The fourth-order valence-electron chi connectivity index (χ4n) is 2.33. The highest BCUT2D eigenvalue weighted by atomic mass is 16.6. The topological polar surface area (TPSA) is 42.0 Å². The third-order valence-corrected chi connectivity index (χ3v) is 3.36. The fourth-order valence-corrected chi connectivity index (χ4v) is 2.33. The van der Waals surface area contributed by atoms with Gasteiger partial charge in [-0.1, -0.05) is 30.3 Å². The van der Waals surface area contributed by atoms with E-state index in [4.69, 9.17) is 9.47 Å². The lowest BCUT2D eigenvalue weighted by Crippen LogP contribution is -2.35. The summed E-state index contributed by atoms with van der Waals surface area (Å²) in [5, 5.41) is 9.84. The molecule has 3 rings (SSSR count). The van der Waals surface area contributed by atoms with Crippen LogP contribution >= 0.6 is 0 Å². The normalized spacial score (nSPS) is 36.8. The molecule has 1 aliphatic carbocycles. The molecule has 16 heavy (non-hydrogen) atoms. The second-order valence-electron chi connectivity index (χ2n) is 4.59. The predicted octanol–water partition coefficient (Wildman–Crippen LogP) is 1.49. The van der Waals surface area contributed by atoms with Crippen molar-refractivity contribution >= 4 is 0 Å². The number of hydrogen-bond acceptors (Lipinski definition) is 3. The van der Waals surface area contributed by atoms with E-state index in [-0.39, 0.29) is 12.2 Å². The van der Waals surface area contributed by atoms with Crippen LogP contribution in [0.4, 0.5) is 0 Å². The number of aliphatic hydroxyl groups excluding tert-OH is 1. The van der Waals surface area contributed by atoms with E-state index in [1.165, 1.54) is 0 Å². The molecular formula is C13H16O3. The summed E-state index contributed by atoms with van der Waals surface area (Å²) < 4.78 is 11.1. The van der Waals surface area contributed by atoms with Crippen molar-refractivity contribution in [3.05, 3.63) is 35.9 Å². The third kappa shape index (κ3) is 2.12. The van der Waals surface area contributed by atoms with Crippen molar-refractivity contribution < 1.29 is 14.6 Å². The molecule has 0 amide bonds. The van der Waals surface area contributed by atoms with Gasteiger partial charge in [-0.25, -0.2) is 0 Å². The number of epoxide rings is 1. The first kappa shape index (κ1) is 10.3. The van der Waals surface area contributed by atoms with Crippen LogP contribution in [0.15, 0.2) is 30.3 Å². The van der Waals surface area contributed by atoms with E-state index in [1.54, 1.807) is 0 Å². The minimum atomic E-state index is -0.368. The van der Waals surface area contributed by atoms with Gasteiger partial charge in [-0.05, 0) is 5.56 Å². The molecule has 1 saturated heterocycles. The van der Waals surface area contributed by atoms with Crippen molar-refractivity contribution in [2.24, 2.45) is 0 Å². The summed E-state index contributed by atoms with van der Waals surface area (Å²) in [7, 11) is 0. The second-order valence-corrected chi connectivity index (χ2v) is 4.59. The van der Waals surface area contributed by atoms with Gasteiger partial charge in [0.1, 0.15) is 0 Å². The van der Waals surface area contributed by atoms with Gasteiger partial charge in [0.05, 0.1) is 31.0 Å². The maximum absolute atomic E-state index is 9.84. The Morgan fingerprint density at radius 1 is 1.19 bits per heavy atom. The van der Waals surface area contributed by atoms with E-state index >= 15 is 0 Å². The zero-order valence-electron chi connectivity index (χ0n) is 9.08. The Labute approximate surface area is 95.0 Å². The zero-order valence-corrected chi connectivity index (χ0v) is 9.08. The highest BCUT2D eigenvalue weighted by Crippen LogP contribution is 2.37. The lowest BCUT2D eigenvalue weighted by molar-refractivity contribution is -0.0599. The number of aliphatic hydroxyl groups is 1. The van der Waals surface area contributed by atoms with Gasteiger partial charge in [-0.15, -0.1) is 0 Å². The molecule has 1 heterocycles. The molecule has 1 saturated carbocycles. The summed E-state index contributed by atoms with van der Waals surface area (Å²) in [5.41, 5.74) is 1.15. The Bertz CT molecular complexity index is 351. The molecule has 3 nitrogen and oxygen atoms in total. The van der Waals surface area contributed by atoms with Gasteiger partial charge in [-0.3, -0.25) is 0 Å². The summed E-state index contributed by atoms with van der Waals surface area (Å²) >= 11 is 0. The summed E-state index contributed by atoms with van der Waals surface area (Å²) in [4.78, 5) is 0. The highest BCUT2D eigenvalue weighted by Gasteiger charge is 2.48. The highest BCUT2D eigenvalue weighted by molar-refractivity contribution is 5.13. The van der Waals surface area contributed by atoms with Crippen molar-refractivity contribution in [3.8, 4) is 0 Å². The van der Waals surface area contributed by atoms with E-state index < -0.39 is 0 Å². The first-order valence-electron chi connectivity index (χ1n) is 5.82. The van der Waals surface area contributed by atoms with Gasteiger partial charge in [0.2, 0.25) is 0 Å². The molecule has 1 aliphatic heterocycles. The van der Waals surface area contributed by atoms with Gasteiger partial charge in [0, 0.05) is 12.8 Å². The molecule has 0 unspecified atom stereocenters. The van der Waals surface area contributed by atoms with Crippen LogP contribution in [0.2, 0.25) is 0 Å². The van der Waals surface area contributed by atoms with Crippen LogP contribution in [0.25, 0.3) is 0 Å². The maximum atomic E-state index is 9.84. The molecule has 0 radical (unpaired) electrons. The van der Waals surface area contributed by atoms with Crippen LogP contribution in [-0.2, 0) is 16.1 Å². The molecule has 0 aromatic heterocycles. The molecule has 0 spiro atoms. The first-order valence-corrected chi connectivity index (χ1v) is 5.82. The van der Waals surface area contributed by atoms with E-state index in [0.29, 0.717) is 18.8 Å². The molecule has 2 aliphatic rings. The van der Waals surface area contributed by atoms with Gasteiger partial charge in [0.15, 0.2) is 0 Å². The third-order valence-electron chi connectivity index (χ3n) is 3.36. The van der Waals surface area contributed by atoms with Crippen molar-refractivity contribution in [3.63, 3.8) is 0 Å². The van der Waals surface area contributed by atoms with Crippen molar-refractivity contribution in [1.82, 2.24) is 0 Å². The van der Waals surface area contributed by atoms with Crippen LogP contribution in [0.1, 0.15) is 18.4 Å². The Morgan fingerprint density at radius 3 is 2.75 bits per heavy atom. The summed E-state index contributed by atoms with van der Waals surface area (Å²) in [6, 6.07) is 10.0. The quantitative estimate of drug-likeness (QED) is 0.785. The molecule has 2 fully saturated rings. The van der Waals surface area contributed by atoms with Crippen LogP contribution < -0.4 is 0 Å². The Kier molecular flexibility index (Phi) is 2.67. The van der Waals surface area contributed by atoms with Gasteiger partial charge < -0.3 is 14.6 Å². The van der Waals surface area contributed by atoms with Gasteiger partial charge >= 0.3 is 0 Å². The maximum Gasteiger partial charge on any atom is 0.0868 e. The standard InChI is InChI=1S/C13H16O3/c14-10-6-12-13(16-12)7-11(10)15-8-9-4-2-1-3-5-9/h1-5,10-14H,6-8H2/t10-,11+,12+,13-/m1/s1. The molecule has 0 bridgehead atoms. The molecule has 1 N–H and O–H groups in total. The fraction of sp³-hybridized carbons (Fsp3) is 0.538. The summed E-state index contributed by atoms with van der Waals surface area (Å²) in [5.74, 6) is 0. The molecule has 3 heteroatoms. The number of hydrogen-bond donors (Lipinski definition) is 1. The molecule has 86 valence electrons. The van der Waals surface area contributed by atoms with Gasteiger partial charge in [-0.2, -0.15) is 0 Å². The number of fused-ring (bicyclic) bond motifs is 1. The monoisotopic (exact) mass is 220 g/mol. The minimum Gasteiger partial charge on any atom is -0.390 e. The smallest absolute Gasteiger partial charge is 0.0868 e. The van der Waals surface area contributed by atoms with E-state index in [2.05, 4.69) is 0 Å². The number of rotatable bonds is 3. The average molecular weight is 220 g/mol. The minimum absolute atomic E-state index is 0.0658. The number of ether oxygens (including phenoxy) is 2.